The Bertz CT molecular complexity index is 983. The molecule has 0 saturated carbocycles. The number of halogens is 5. The summed E-state index contributed by atoms with van der Waals surface area (Å²) in [4.78, 5) is 11.8. The van der Waals surface area contributed by atoms with Crippen LogP contribution in [-0.4, -0.2) is 15.7 Å². The molecule has 10 heteroatoms. The van der Waals surface area contributed by atoms with E-state index in [1.54, 1.807) is 12.1 Å². The number of furan rings is 1. The highest BCUT2D eigenvalue weighted by Crippen LogP contribution is 2.23. The molecule has 0 aliphatic carbocycles. The lowest BCUT2D eigenvalue weighted by Gasteiger charge is -2.08. The summed E-state index contributed by atoms with van der Waals surface area (Å²) in [5, 5.41) is 6.19. The van der Waals surface area contributed by atoms with Crippen molar-refractivity contribution in [1.82, 2.24) is 9.78 Å². The van der Waals surface area contributed by atoms with Crippen molar-refractivity contribution in [3.05, 3.63) is 77.1 Å². The molecule has 0 atom stereocenters. The summed E-state index contributed by atoms with van der Waals surface area (Å²) in [6.45, 7) is -0.718. The molecule has 2 heterocycles. The van der Waals surface area contributed by atoms with Crippen LogP contribution in [0.25, 0.3) is 6.08 Å². The van der Waals surface area contributed by atoms with Gasteiger partial charge in [-0.25, -0.2) is 22.0 Å². The first-order valence-electron chi connectivity index (χ1n) is 7.43. The van der Waals surface area contributed by atoms with Crippen molar-refractivity contribution in [1.29, 1.82) is 0 Å². The zero-order valence-corrected chi connectivity index (χ0v) is 13.3. The molecule has 0 fully saturated rings. The van der Waals surface area contributed by atoms with Gasteiger partial charge in [-0.2, -0.15) is 5.10 Å². The lowest BCUT2D eigenvalue weighted by atomic mass is 10.1. The number of nitrogens with zero attached hydrogens (tertiary/aromatic N) is 2. The van der Waals surface area contributed by atoms with Crippen molar-refractivity contribution in [3.8, 4) is 0 Å². The highest BCUT2D eigenvalue weighted by Gasteiger charge is 2.25. The number of carbonyl (C=O) groups is 1. The van der Waals surface area contributed by atoms with E-state index in [2.05, 4.69) is 10.4 Å². The molecule has 0 saturated heterocycles. The van der Waals surface area contributed by atoms with E-state index in [1.807, 2.05) is 0 Å². The minimum absolute atomic E-state index is 0.0213. The molecule has 140 valence electrons. The molecule has 3 rings (SSSR count). The van der Waals surface area contributed by atoms with E-state index in [-0.39, 0.29) is 5.82 Å². The second-order valence-electron chi connectivity index (χ2n) is 5.29. The molecule has 1 aromatic carbocycles. The summed E-state index contributed by atoms with van der Waals surface area (Å²) in [5.41, 5.74) is -1.04. The molecule has 0 unspecified atom stereocenters. The zero-order valence-electron chi connectivity index (χ0n) is 13.3. The van der Waals surface area contributed by atoms with Gasteiger partial charge in [0.2, 0.25) is 11.7 Å². The summed E-state index contributed by atoms with van der Waals surface area (Å²) < 4.78 is 72.8. The third kappa shape index (κ3) is 3.89. The Kier molecular flexibility index (Phi) is 5.06. The van der Waals surface area contributed by atoms with Crippen LogP contribution in [0, 0.1) is 29.1 Å². The first-order chi connectivity index (χ1) is 12.9. The van der Waals surface area contributed by atoms with E-state index in [1.165, 1.54) is 30.7 Å². The Morgan fingerprint density at radius 1 is 1.07 bits per heavy atom. The van der Waals surface area contributed by atoms with Gasteiger partial charge in [-0.3, -0.25) is 9.48 Å². The van der Waals surface area contributed by atoms with Gasteiger partial charge in [-0.15, -0.1) is 0 Å². The summed E-state index contributed by atoms with van der Waals surface area (Å²) in [6, 6.07) is 4.56. The SMILES string of the molecule is O=C(/C=C/c1ccco1)Nc1ccn(Cc2c(F)c(F)c(F)c(F)c2F)n1. The predicted molar refractivity (Wildman–Crippen MR) is 83.9 cm³/mol. The van der Waals surface area contributed by atoms with Crippen molar-refractivity contribution in [2.24, 2.45) is 0 Å². The smallest absolute Gasteiger partial charge is 0.249 e. The van der Waals surface area contributed by atoms with Crippen LogP contribution in [-0.2, 0) is 11.3 Å². The molecule has 0 bridgehead atoms. The molecule has 0 aliphatic heterocycles. The molecule has 1 N–H and O–H groups in total. The van der Waals surface area contributed by atoms with Crippen molar-refractivity contribution in [3.63, 3.8) is 0 Å². The fraction of sp³-hybridized carbons (Fsp3) is 0.0588. The number of hydrogen-bond donors (Lipinski definition) is 1. The molecular weight excluding hydrogens is 373 g/mol. The van der Waals surface area contributed by atoms with Crippen LogP contribution >= 0.6 is 0 Å². The lowest BCUT2D eigenvalue weighted by Crippen LogP contribution is -2.12. The average Bonchev–Trinajstić information content (AvgIpc) is 3.32. The largest absolute Gasteiger partial charge is 0.465 e. The Balaban J connectivity index is 1.73. The summed E-state index contributed by atoms with van der Waals surface area (Å²) >= 11 is 0. The number of anilines is 1. The van der Waals surface area contributed by atoms with Gasteiger partial charge >= 0.3 is 0 Å². The molecule has 0 aliphatic rings. The van der Waals surface area contributed by atoms with E-state index < -0.39 is 47.1 Å². The van der Waals surface area contributed by atoms with Crippen LogP contribution in [0.15, 0.2) is 41.2 Å². The number of carbonyl (C=O) groups excluding carboxylic acids is 1. The average molecular weight is 383 g/mol. The fourth-order valence-electron chi connectivity index (χ4n) is 2.18. The maximum absolute atomic E-state index is 13.7. The monoisotopic (exact) mass is 383 g/mol. The van der Waals surface area contributed by atoms with Gasteiger partial charge in [0, 0.05) is 18.3 Å². The second kappa shape index (κ2) is 7.44. The molecular formula is C17H10F5N3O2. The van der Waals surface area contributed by atoms with E-state index >= 15 is 0 Å². The summed E-state index contributed by atoms with van der Waals surface area (Å²) in [7, 11) is 0. The van der Waals surface area contributed by atoms with Gasteiger partial charge in [0.25, 0.3) is 0 Å². The zero-order chi connectivity index (χ0) is 19.6. The summed E-state index contributed by atoms with van der Waals surface area (Å²) in [5.74, 6) is -10.3. The molecule has 2 aromatic heterocycles. The van der Waals surface area contributed by atoms with Crippen LogP contribution < -0.4 is 5.32 Å². The van der Waals surface area contributed by atoms with Gasteiger partial charge in [0.1, 0.15) is 5.76 Å². The van der Waals surface area contributed by atoms with E-state index in [0.29, 0.717) is 5.76 Å². The van der Waals surface area contributed by atoms with Crippen molar-refractivity contribution >= 4 is 17.8 Å². The van der Waals surface area contributed by atoms with Crippen LogP contribution in [0.4, 0.5) is 27.8 Å². The van der Waals surface area contributed by atoms with Crippen LogP contribution in [0.2, 0.25) is 0 Å². The van der Waals surface area contributed by atoms with Gasteiger partial charge in [-0.1, -0.05) is 0 Å². The molecule has 3 aromatic rings. The maximum Gasteiger partial charge on any atom is 0.249 e. The number of amides is 1. The standard InChI is InChI=1S/C17H10F5N3O2/c18-13-10(14(19)16(21)17(22)15(13)20)8-25-6-5-11(24-25)23-12(26)4-3-9-2-1-7-27-9/h1-7H,8H2,(H,23,24,26)/b4-3+. The number of benzene rings is 1. The van der Waals surface area contributed by atoms with Crippen molar-refractivity contribution < 1.29 is 31.2 Å². The van der Waals surface area contributed by atoms with Crippen LogP contribution in [0.5, 0.6) is 0 Å². The maximum atomic E-state index is 13.7. The molecule has 0 radical (unpaired) electrons. The van der Waals surface area contributed by atoms with Crippen molar-refractivity contribution in [2.75, 3.05) is 5.32 Å². The molecule has 5 nitrogen and oxygen atoms in total. The second-order valence-corrected chi connectivity index (χ2v) is 5.29. The summed E-state index contributed by atoms with van der Waals surface area (Å²) in [6.07, 6.45) is 5.21. The molecule has 0 spiro atoms. The van der Waals surface area contributed by atoms with Gasteiger partial charge in [0.05, 0.1) is 18.4 Å². The topological polar surface area (TPSA) is 60.1 Å². The normalized spacial score (nSPS) is 11.3. The number of rotatable bonds is 5. The van der Waals surface area contributed by atoms with E-state index in [4.69, 9.17) is 4.42 Å². The van der Waals surface area contributed by atoms with Gasteiger partial charge in [0.15, 0.2) is 29.1 Å². The minimum atomic E-state index is -2.23. The Hall–Kier alpha value is -3.43. The Morgan fingerprint density at radius 2 is 1.74 bits per heavy atom. The first-order valence-corrected chi connectivity index (χ1v) is 7.43. The molecule has 1 amide bonds. The van der Waals surface area contributed by atoms with Crippen molar-refractivity contribution in [2.45, 2.75) is 6.54 Å². The number of hydrogen-bond acceptors (Lipinski definition) is 3. The van der Waals surface area contributed by atoms with Crippen LogP contribution in [0.1, 0.15) is 11.3 Å². The first kappa shape index (κ1) is 18.4. The number of aromatic nitrogens is 2. The fourth-order valence-corrected chi connectivity index (χ4v) is 2.18. The van der Waals surface area contributed by atoms with E-state index in [9.17, 15) is 26.7 Å². The van der Waals surface area contributed by atoms with E-state index in [0.717, 1.165) is 4.68 Å². The third-order valence-electron chi connectivity index (χ3n) is 3.45. The Labute approximate surface area is 148 Å². The highest BCUT2D eigenvalue weighted by molar-refractivity contribution is 6.01. The quantitative estimate of drug-likeness (QED) is 0.315. The lowest BCUT2D eigenvalue weighted by molar-refractivity contribution is -0.111. The predicted octanol–water partition coefficient (Wildman–Crippen LogP) is 3.87. The van der Waals surface area contributed by atoms with Gasteiger partial charge < -0.3 is 9.73 Å². The number of nitrogens with one attached hydrogen (secondary N) is 1. The van der Waals surface area contributed by atoms with Gasteiger partial charge in [-0.05, 0) is 18.2 Å². The minimum Gasteiger partial charge on any atom is -0.465 e. The Morgan fingerprint density at radius 3 is 2.37 bits per heavy atom. The third-order valence-corrected chi connectivity index (χ3v) is 3.45. The molecule has 27 heavy (non-hydrogen) atoms. The highest BCUT2D eigenvalue weighted by atomic mass is 19.2. The van der Waals surface area contributed by atoms with Crippen LogP contribution in [0.3, 0.4) is 0 Å².